The fraction of sp³-hybridized carbons (Fsp3) is 0.154. The molecule has 0 radical (unpaired) electrons. The normalized spacial score (nSPS) is 16.5. The molecule has 0 saturated carbocycles. The molecule has 116 valence electrons. The zero-order chi connectivity index (χ0) is 16.4. The minimum atomic E-state index is -1.13. The molecule has 9 heteroatoms. The van der Waals surface area contributed by atoms with E-state index in [-0.39, 0.29) is 15.8 Å². The maximum atomic E-state index is 12.2. The third kappa shape index (κ3) is 3.42. The molecule has 2 N–H and O–H groups in total. The second-order valence-electron chi connectivity index (χ2n) is 4.21. The van der Waals surface area contributed by atoms with E-state index in [2.05, 4.69) is 15.9 Å². The van der Waals surface area contributed by atoms with Gasteiger partial charge in [-0.15, -0.1) is 0 Å². The van der Waals surface area contributed by atoms with Crippen molar-refractivity contribution in [3.8, 4) is 11.5 Å². The van der Waals surface area contributed by atoms with Gasteiger partial charge in [-0.1, -0.05) is 39.9 Å². The summed E-state index contributed by atoms with van der Waals surface area (Å²) in [7, 11) is 1.42. The van der Waals surface area contributed by atoms with E-state index >= 15 is 0 Å². The van der Waals surface area contributed by atoms with Gasteiger partial charge in [0.1, 0.15) is 10.9 Å². The molecule has 1 heterocycles. The standard InChI is InChI=1S/C13H10BrNO5S2/c1-20-9-2-6(7(14)4-8(9)16)3-10-12(19)15(5-11(17)18)13(21)22-10/h2-4,16H,5H2,1H3,(H,17,18)/b10-3-. The Labute approximate surface area is 143 Å². The number of halogens is 1. The number of carboxylic acid groups (broad SMARTS) is 1. The summed E-state index contributed by atoms with van der Waals surface area (Å²) in [6.07, 6.45) is 1.56. The topological polar surface area (TPSA) is 87.1 Å². The molecule has 1 fully saturated rings. The van der Waals surface area contributed by atoms with Gasteiger partial charge >= 0.3 is 5.97 Å². The zero-order valence-electron chi connectivity index (χ0n) is 11.2. The minimum Gasteiger partial charge on any atom is -0.504 e. The Morgan fingerprint density at radius 1 is 1.55 bits per heavy atom. The largest absolute Gasteiger partial charge is 0.504 e. The van der Waals surface area contributed by atoms with E-state index in [1.54, 1.807) is 12.1 Å². The summed E-state index contributed by atoms with van der Waals surface area (Å²) in [5, 5.41) is 18.5. The molecule has 0 spiro atoms. The van der Waals surface area contributed by atoms with Gasteiger partial charge in [0.25, 0.3) is 5.91 Å². The van der Waals surface area contributed by atoms with Crippen LogP contribution in [0, 0.1) is 0 Å². The van der Waals surface area contributed by atoms with Gasteiger partial charge in [-0.2, -0.15) is 0 Å². The quantitative estimate of drug-likeness (QED) is 0.589. The summed E-state index contributed by atoms with van der Waals surface area (Å²) >= 11 is 9.33. The van der Waals surface area contributed by atoms with E-state index in [1.807, 2.05) is 0 Å². The van der Waals surface area contributed by atoms with Crippen LogP contribution in [-0.4, -0.2) is 45.0 Å². The number of carbonyl (C=O) groups is 2. The second kappa shape index (κ2) is 6.67. The summed E-state index contributed by atoms with van der Waals surface area (Å²) in [4.78, 5) is 24.3. The van der Waals surface area contributed by atoms with Crippen molar-refractivity contribution in [3.63, 3.8) is 0 Å². The minimum absolute atomic E-state index is 0.0371. The van der Waals surface area contributed by atoms with E-state index in [0.29, 0.717) is 14.9 Å². The summed E-state index contributed by atoms with van der Waals surface area (Å²) in [6, 6.07) is 3.01. The number of hydrogen-bond acceptors (Lipinski definition) is 6. The van der Waals surface area contributed by atoms with Crippen LogP contribution in [0.2, 0.25) is 0 Å². The average Bonchev–Trinajstić information content (AvgIpc) is 2.69. The number of aliphatic carboxylic acids is 1. The number of thiocarbonyl (C=S) groups is 1. The summed E-state index contributed by atoms with van der Waals surface area (Å²) in [6.45, 7) is -0.470. The van der Waals surface area contributed by atoms with E-state index in [1.165, 1.54) is 13.2 Å². The van der Waals surface area contributed by atoms with Gasteiger partial charge in [0.2, 0.25) is 0 Å². The Morgan fingerprint density at radius 3 is 2.82 bits per heavy atom. The monoisotopic (exact) mass is 403 g/mol. The lowest BCUT2D eigenvalue weighted by molar-refractivity contribution is -0.140. The third-order valence-electron chi connectivity index (χ3n) is 2.75. The Bertz CT molecular complexity index is 704. The van der Waals surface area contributed by atoms with Gasteiger partial charge in [-0.25, -0.2) is 0 Å². The van der Waals surface area contributed by atoms with Crippen molar-refractivity contribution in [2.45, 2.75) is 0 Å². The van der Waals surface area contributed by atoms with Gasteiger partial charge in [-0.05, 0) is 23.8 Å². The van der Waals surface area contributed by atoms with Crippen LogP contribution in [0.25, 0.3) is 6.08 Å². The molecule has 1 aliphatic rings. The molecular formula is C13H10BrNO5S2. The number of aromatic hydroxyl groups is 1. The lowest BCUT2D eigenvalue weighted by Gasteiger charge is -2.10. The summed E-state index contributed by atoms with van der Waals surface area (Å²) in [5.74, 6) is -1.37. The molecule has 2 rings (SSSR count). The van der Waals surface area contributed by atoms with E-state index in [9.17, 15) is 14.7 Å². The van der Waals surface area contributed by atoms with Crippen molar-refractivity contribution < 1.29 is 24.5 Å². The molecule has 1 amide bonds. The fourth-order valence-corrected chi connectivity index (χ4v) is 3.44. The first-order chi connectivity index (χ1) is 10.3. The van der Waals surface area contributed by atoms with Crippen molar-refractivity contribution in [1.29, 1.82) is 0 Å². The predicted molar refractivity (Wildman–Crippen MR) is 89.9 cm³/mol. The summed E-state index contributed by atoms with van der Waals surface area (Å²) in [5.41, 5.74) is 0.602. The number of carbonyl (C=O) groups excluding carboxylic acids is 1. The van der Waals surface area contributed by atoms with Crippen LogP contribution < -0.4 is 4.74 Å². The molecule has 0 aromatic heterocycles. The zero-order valence-corrected chi connectivity index (χ0v) is 14.4. The van der Waals surface area contributed by atoms with Crippen molar-refractivity contribution in [1.82, 2.24) is 4.90 Å². The molecular weight excluding hydrogens is 394 g/mol. The van der Waals surface area contributed by atoms with Crippen molar-refractivity contribution >= 4 is 62.2 Å². The van der Waals surface area contributed by atoms with E-state index < -0.39 is 18.4 Å². The second-order valence-corrected chi connectivity index (χ2v) is 6.74. The Balaban J connectivity index is 2.36. The molecule has 22 heavy (non-hydrogen) atoms. The Hall–Kier alpha value is -1.58. The predicted octanol–water partition coefficient (Wildman–Crippen LogP) is 2.45. The smallest absolute Gasteiger partial charge is 0.323 e. The molecule has 0 unspecified atom stereocenters. The number of phenols is 1. The number of ether oxygens (including phenoxy) is 1. The molecule has 1 saturated heterocycles. The molecule has 1 aliphatic heterocycles. The molecule has 1 aromatic carbocycles. The highest BCUT2D eigenvalue weighted by Crippen LogP contribution is 2.37. The van der Waals surface area contributed by atoms with Crippen LogP contribution >= 0.6 is 39.9 Å². The average molecular weight is 404 g/mol. The molecule has 0 aliphatic carbocycles. The first kappa shape index (κ1) is 16.8. The van der Waals surface area contributed by atoms with Crippen molar-refractivity contribution in [3.05, 3.63) is 27.1 Å². The fourth-order valence-electron chi connectivity index (χ4n) is 1.75. The lowest BCUT2D eigenvalue weighted by Crippen LogP contribution is -2.33. The van der Waals surface area contributed by atoms with Crippen LogP contribution in [0.15, 0.2) is 21.5 Å². The molecule has 1 aromatic rings. The summed E-state index contributed by atoms with van der Waals surface area (Å²) < 4.78 is 5.78. The third-order valence-corrected chi connectivity index (χ3v) is 4.82. The number of nitrogens with zero attached hydrogens (tertiary/aromatic N) is 1. The molecule has 6 nitrogen and oxygen atoms in total. The number of rotatable bonds is 4. The number of phenolic OH excluding ortho intramolecular Hbond substituents is 1. The van der Waals surface area contributed by atoms with E-state index in [0.717, 1.165) is 16.7 Å². The maximum absolute atomic E-state index is 12.2. The number of amides is 1. The van der Waals surface area contributed by atoms with Gasteiger partial charge < -0.3 is 14.9 Å². The number of benzene rings is 1. The van der Waals surface area contributed by atoms with Crippen molar-refractivity contribution in [2.75, 3.05) is 13.7 Å². The van der Waals surface area contributed by atoms with Crippen LogP contribution in [0.4, 0.5) is 0 Å². The Morgan fingerprint density at radius 2 is 2.23 bits per heavy atom. The van der Waals surface area contributed by atoms with Gasteiger partial charge in [-0.3, -0.25) is 14.5 Å². The first-order valence-corrected chi connectivity index (χ1v) is 7.89. The van der Waals surface area contributed by atoms with Gasteiger partial charge in [0.15, 0.2) is 11.5 Å². The Kier molecular flexibility index (Phi) is 5.09. The van der Waals surface area contributed by atoms with Crippen LogP contribution in [0.3, 0.4) is 0 Å². The highest BCUT2D eigenvalue weighted by molar-refractivity contribution is 9.10. The number of carboxylic acids is 1. The highest BCUT2D eigenvalue weighted by Gasteiger charge is 2.33. The number of methoxy groups -OCH3 is 1. The number of thioether (sulfide) groups is 1. The first-order valence-electron chi connectivity index (χ1n) is 5.87. The highest BCUT2D eigenvalue weighted by atomic mass is 79.9. The lowest BCUT2D eigenvalue weighted by atomic mass is 10.2. The molecule has 0 atom stereocenters. The van der Waals surface area contributed by atoms with Crippen LogP contribution in [0.5, 0.6) is 11.5 Å². The molecule has 0 bridgehead atoms. The van der Waals surface area contributed by atoms with Gasteiger partial charge in [0, 0.05) is 4.47 Å². The van der Waals surface area contributed by atoms with Gasteiger partial charge in [0.05, 0.1) is 12.0 Å². The van der Waals surface area contributed by atoms with E-state index in [4.69, 9.17) is 22.1 Å². The van der Waals surface area contributed by atoms with Crippen LogP contribution in [-0.2, 0) is 9.59 Å². The SMILES string of the molecule is COc1cc(/C=C2\SC(=S)N(CC(=O)O)C2=O)c(Br)cc1O. The van der Waals surface area contributed by atoms with Crippen molar-refractivity contribution in [2.24, 2.45) is 0 Å². The number of hydrogen-bond donors (Lipinski definition) is 2. The maximum Gasteiger partial charge on any atom is 0.323 e. The van der Waals surface area contributed by atoms with Crippen LogP contribution in [0.1, 0.15) is 5.56 Å².